The molecule has 3 rings (SSSR count). The fraction of sp³-hybridized carbons (Fsp3) is 0.318. The molecule has 2 amide bonds. The third-order valence-corrected chi connectivity index (χ3v) is 5.19. The van der Waals surface area contributed by atoms with Crippen molar-refractivity contribution in [2.75, 3.05) is 40.4 Å². The topological polar surface area (TPSA) is 109 Å². The van der Waals surface area contributed by atoms with Crippen LogP contribution in [0.25, 0.3) is 0 Å². The monoisotopic (exact) mass is 410 g/mol. The summed E-state index contributed by atoms with van der Waals surface area (Å²) in [6, 6.07) is 12.1. The number of amides is 2. The molecular weight excluding hydrogens is 384 g/mol. The van der Waals surface area contributed by atoms with Gasteiger partial charge in [-0.25, -0.2) is 0 Å². The van der Waals surface area contributed by atoms with E-state index in [-0.39, 0.29) is 24.1 Å². The van der Waals surface area contributed by atoms with Crippen LogP contribution in [-0.4, -0.2) is 67.8 Å². The number of rotatable bonds is 6. The van der Waals surface area contributed by atoms with Crippen LogP contribution < -0.4 is 15.2 Å². The van der Waals surface area contributed by atoms with Crippen LogP contribution in [0.3, 0.4) is 0 Å². The Hall–Kier alpha value is -3.55. The zero-order chi connectivity index (χ0) is 21.7. The van der Waals surface area contributed by atoms with Crippen LogP contribution in [0, 0.1) is 5.41 Å². The first kappa shape index (κ1) is 21.2. The van der Waals surface area contributed by atoms with Crippen molar-refractivity contribution in [3.63, 3.8) is 0 Å². The van der Waals surface area contributed by atoms with Gasteiger partial charge in [-0.05, 0) is 30.3 Å². The van der Waals surface area contributed by atoms with Crippen LogP contribution in [0.5, 0.6) is 11.5 Å². The molecule has 1 fully saturated rings. The predicted octanol–water partition coefficient (Wildman–Crippen LogP) is 1.51. The van der Waals surface area contributed by atoms with E-state index in [1.165, 1.54) is 0 Å². The maximum Gasteiger partial charge on any atom is 0.253 e. The van der Waals surface area contributed by atoms with E-state index in [1.54, 1.807) is 66.5 Å². The van der Waals surface area contributed by atoms with Crippen molar-refractivity contribution < 1.29 is 19.1 Å². The highest BCUT2D eigenvalue weighted by Gasteiger charge is 2.25. The second kappa shape index (κ2) is 9.30. The van der Waals surface area contributed by atoms with Crippen LogP contribution in [0.15, 0.2) is 42.5 Å². The molecule has 0 bridgehead atoms. The SMILES string of the molecule is COc1ccc(OC)c(CC(=O)N2CCN(C(=O)c3ccc(C(=N)N)cc3)CC2)c1. The van der Waals surface area contributed by atoms with Crippen molar-refractivity contribution in [3.8, 4) is 11.5 Å². The number of hydrogen-bond donors (Lipinski definition) is 2. The Bertz CT molecular complexity index is 935. The Morgan fingerprint density at radius 2 is 1.53 bits per heavy atom. The van der Waals surface area contributed by atoms with Gasteiger partial charge >= 0.3 is 0 Å². The van der Waals surface area contributed by atoms with Crippen molar-refractivity contribution in [1.82, 2.24) is 9.80 Å². The molecule has 0 aliphatic carbocycles. The van der Waals surface area contributed by atoms with E-state index in [0.29, 0.717) is 48.8 Å². The van der Waals surface area contributed by atoms with Gasteiger partial charge in [-0.1, -0.05) is 12.1 Å². The number of nitrogen functional groups attached to an aromatic ring is 1. The lowest BCUT2D eigenvalue weighted by Gasteiger charge is -2.35. The third kappa shape index (κ3) is 4.71. The minimum Gasteiger partial charge on any atom is -0.497 e. The quantitative estimate of drug-likeness (QED) is 0.554. The van der Waals surface area contributed by atoms with Gasteiger partial charge in [-0.2, -0.15) is 0 Å². The molecule has 0 unspecified atom stereocenters. The van der Waals surface area contributed by atoms with Crippen LogP contribution in [-0.2, 0) is 11.2 Å². The Morgan fingerprint density at radius 3 is 2.10 bits per heavy atom. The number of piperazine rings is 1. The number of methoxy groups -OCH3 is 2. The molecule has 1 aliphatic rings. The first-order valence-corrected chi connectivity index (χ1v) is 9.65. The molecule has 2 aromatic carbocycles. The van der Waals surface area contributed by atoms with E-state index in [9.17, 15) is 9.59 Å². The lowest BCUT2D eigenvalue weighted by Crippen LogP contribution is -2.51. The molecule has 0 aromatic heterocycles. The summed E-state index contributed by atoms with van der Waals surface area (Å²) in [6.07, 6.45) is 0.209. The minimum atomic E-state index is -0.0911. The van der Waals surface area contributed by atoms with Gasteiger partial charge in [0.15, 0.2) is 0 Å². The molecule has 158 valence electrons. The molecule has 3 N–H and O–H groups in total. The predicted molar refractivity (Wildman–Crippen MR) is 113 cm³/mol. The van der Waals surface area contributed by atoms with Gasteiger partial charge in [0.1, 0.15) is 17.3 Å². The van der Waals surface area contributed by atoms with E-state index < -0.39 is 0 Å². The molecular formula is C22H26N4O4. The fourth-order valence-corrected chi connectivity index (χ4v) is 3.43. The number of ether oxygens (including phenoxy) is 2. The van der Waals surface area contributed by atoms with E-state index in [2.05, 4.69) is 0 Å². The van der Waals surface area contributed by atoms with E-state index in [1.807, 2.05) is 0 Å². The number of carbonyl (C=O) groups is 2. The number of carbonyl (C=O) groups excluding carboxylic acids is 2. The second-order valence-corrected chi connectivity index (χ2v) is 7.02. The Labute approximate surface area is 175 Å². The first-order chi connectivity index (χ1) is 14.4. The summed E-state index contributed by atoms with van der Waals surface area (Å²) in [5, 5.41) is 7.43. The first-order valence-electron chi connectivity index (χ1n) is 9.65. The molecule has 1 saturated heterocycles. The van der Waals surface area contributed by atoms with Crippen molar-refractivity contribution >= 4 is 17.6 Å². The van der Waals surface area contributed by atoms with Gasteiger partial charge in [-0.15, -0.1) is 0 Å². The molecule has 0 saturated carbocycles. The summed E-state index contributed by atoms with van der Waals surface area (Å²) in [5.74, 6) is 1.18. The number of benzene rings is 2. The zero-order valence-electron chi connectivity index (χ0n) is 17.2. The summed E-state index contributed by atoms with van der Waals surface area (Å²) in [7, 11) is 3.15. The lowest BCUT2D eigenvalue weighted by atomic mass is 10.1. The summed E-state index contributed by atoms with van der Waals surface area (Å²) in [4.78, 5) is 29.0. The molecule has 0 atom stereocenters. The third-order valence-electron chi connectivity index (χ3n) is 5.19. The van der Waals surface area contributed by atoms with Gasteiger partial charge in [-0.3, -0.25) is 15.0 Å². The summed E-state index contributed by atoms with van der Waals surface area (Å²) in [5.41, 5.74) is 7.34. The molecule has 1 heterocycles. The standard InChI is InChI=1S/C22H26N4O4/c1-29-18-7-8-19(30-2)17(13-18)14-20(27)25-9-11-26(12-10-25)22(28)16-5-3-15(4-6-16)21(23)24/h3-8,13H,9-12,14H2,1-2H3,(H3,23,24). The molecule has 8 nitrogen and oxygen atoms in total. The highest BCUT2D eigenvalue weighted by atomic mass is 16.5. The van der Waals surface area contributed by atoms with Crippen LogP contribution in [0.1, 0.15) is 21.5 Å². The normalized spacial score (nSPS) is 13.7. The fourth-order valence-electron chi connectivity index (χ4n) is 3.43. The van der Waals surface area contributed by atoms with E-state index in [4.69, 9.17) is 20.6 Å². The summed E-state index contributed by atoms with van der Waals surface area (Å²) in [6.45, 7) is 1.88. The average Bonchev–Trinajstić information content (AvgIpc) is 2.78. The van der Waals surface area contributed by atoms with Crippen molar-refractivity contribution in [3.05, 3.63) is 59.2 Å². The zero-order valence-corrected chi connectivity index (χ0v) is 17.2. The van der Waals surface area contributed by atoms with Crippen molar-refractivity contribution in [2.24, 2.45) is 5.73 Å². The largest absolute Gasteiger partial charge is 0.497 e. The van der Waals surface area contributed by atoms with Gasteiger partial charge in [0.2, 0.25) is 5.91 Å². The maximum absolute atomic E-state index is 12.8. The maximum atomic E-state index is 12.8. The number of hydrogen-bond acceptors (Lipinski definition) is 5. The number of nitrogens with zero attached hydrogens (tertiary/aromatic N) is 2. The molecule has 2 aromatic rings. The molecule has 0 spiro atoms. The number of nitrogens with one attached hydrogen (secondary N) is 1. The summed E-state index contributed by atoms with van der Waals surface area (Å²) >= 11 is 0. The smallest absolute Gasteiger partial charge is 0.253 e. The van der Waals surface area contributed by atoms with Gasteiger partial charge in [0.05, 0.1) is 20.6 Å². The van der Waals surface area contributed by atoms with Gasteiger partial charge in [0.25, 0.3) is 5.91 Å². The Kier molecular flexibility index (Phi) is 6.56. The minimum absolute atomic E-state index is 0.0144. The van der Waals surface area contributed by atoms with Crippen molar-refractivity contribution in [2.45, 2.75) is 6.42 Å². The average molecular weight is 410 g/mol. The van der Waals surface area contributed by atoms with Crippen LogP contribution in [0.2, 0.25) is 0 Å². The number of amidine groups is 1. The van der Waals surface area contributed by atoms with Gasteiger partial charge < -0.3 is 25.0 Å². The lowest BCUT2D eigenvalue weighted by molar-refractivity contribution is -0.131. The molecule has 1 aliphatic heterocycles. The van der Waals surface area contributed by atoms with Gasteiger partial charge in [0, 0.05) is 42.9 Å². The van der Waals surface area contributed by atoms with Crippen molar-refractivity contribution in [1.29, 1.82) is 5.41 Å². The number of nitrogens with two attached hydrogens (primary N) is 1. The van der Waals surface area contributed by atoms with Crippen LogP contribution in [0.4, 0.5) is 0 Å². The summed E-state index contributed by atoms with van der Waals surface area (Å²) < 4.78 is 10.6. The second-order valence-electron chi connectivity index (χ2n) is 7.02. The molecule has 0 radical (unpaired) electrons. The molecule has 8 heteroatoms. The van der Waals surface area contributed by atoms with Crippen LogP contribution >= 0.6 is 0 Å². The Morgan fingerprint density at radius 1 is 0.933 bits per heavy atom. The molecule has 30 heavy (non-hydrogen) atoms. The van der Waals surface area contributed by atoms with E-state index >= 15 is 0 Å². The van der Waals surface area contributed by atoms with E-state index in [0.717, 1.165) is 5.56 Å². The Balaban J connectivity index is 1.59. The highest BCUT2D eigenvalue weighted by Crippen LogP contribution is 2.25. The highest BCUT2D eigenvalue weighted by molar-refractivity contribution is 5.98.